The van der Waals surface area contributed by atoms with Gasteiger partial charge in [0, 0.05) is 51.0 Å². The van der Waals surface area contributed by atoms with Crippen LogP contribution in [0.1, 0.15) is 33.1 Å². The molecule has 144 valence electrons. The fourth-order valence-electron chi connectivity index (χ4n) is 4.15. The Morgan fingerprint density at radius 1 is 1.30 bits per heavy atom. The smallest absolute Gasteiger partial charge is 0.229 e. The number of anilines is 3. The third-order valence-corrected chi connectivity index (χ3v) is 5.28. The van der Waals surface area contributed by atoms with Crippen molar-refractivity contribution in [3.8, 4) is 0 Å². The fraction of sp³-hybridized carbons (Fsp3) is 0.579. The Morgan fingerprint density at radius 3 is 2.67 bits per heavy atom. The quantitative estimate of drug-likeness (QED) is 0.870. The van der Waals surface area contributed by atoms with Gasteiger partial charge in [-0.15, -0.1) is 0 Å². The summed E-state index contributed by atoms with van der Waals surface area (Å²) in [6, 6.07) is 2.53. The van der Waals surface area contributed by atoms with E-state index in [-0.39, 0.29) is 0 Å². The highest BCUT2D eigenvalue weighted by atomic mass is 16.2. The van der Waals surface area contributed by atoms with E-state index < -0.39 is 0 Å². The molecular formula is C19H27N7O. The number of aryl methyl sites for hydroxylation is 1. The van der Waals surface area contributed by atoms with Gasteiger partial charge in [-0.3, -0.25) is 9.48 Å². The van der Waals surface area contributed by atoms with Crippen molar-refractivity contribution in [2.45, 2.75) is 45.2 Å². The van der Waals surface area contributed by atoms with Crippen molar-refractivity contribution in [2.24, 2.45) is 13.0 Å². The third kappa shape index (κ3) is 3.74. The van der Waals surface area contributed by atoms with Crippen molar-refractivity contribution in [3.05, 3.63) is 24.7 Å². The Balaban J connectivity index is 1.46. The maximum absolute atomic E-state index is 12.6. The number of carbonyl (C=O) groups is 1. The van der Waals surface area contributed by atoms with Crippen molar-refractivity contribution in [3.63, 3.8) is 0 Å². The van der Waals surface area contributed by atoms with Gasteiger partial charge >= 0.3 is 0 Å². The summed E-state index contributed by atoms with van der Waals surface area (Å²) in [6.07, 6.45) is 8.21. The molecule has 0 aliphatic carbocycles. The predicted octanol–water partition coefficient (Wildman–Crippen LogP) is 2.18. The van der Waals surface area contributed by atoms with Crippen LogP contribution in [0.3, 0.4) is 0 Å². The lowest BCUT2D eigenvalue weighted by atomic mass is 10.1. The number of piperazine rings is 1. The van der Waals surface area contributed by atoms with Gasteiger partial charge in [0.2, 0.25) is 11.9 Å². The van der Waals surface area contributed by atoms with Crippen LogP contribution < -0.4 is 10.2 Å². The first kappa shape index (κ1) is 17.8. The van der Waals surface area contributed by atoms with Crippen LogP contribution in [0, 0.1) is 5.92 Å². The minimum atomic E-state index is 0.291. The minimum Gasteiger partial charge on any atom is -0.352 e. The molecule has 8 heteroatoms. The number of nitrogens with one attached hydrogen (secondary N) is 1. The lowest BCUT2D eigenvalue weighted by Gasteiger charge is -2.42. The number of rotatable bonds is 5. The molecule has 0 spiro atoms. The monoisotopic (exact) mass is 369 g/mol. The summed E-state index contributed by atoms with van der Waals surface area (Å²) in [5.41, 5.74) is 0.860. The molecule has 4 heterocycles. The molecule has 2 fully saturated rings. The fourth-order valence-corrected chi connectivity index (χ4v) is 4.15. The second-order valence-corrected chi connectivity index (χ2v) is 7.96. The van der Waals surface area contributed by atoms with E-state index in [1.54, 1.807) is 17.1 Å². The number of fused-ring (bicyclic) bond motifs is 2. The Morgan fingerprint density at radius 2 is 2.04 bits per heavy atom. The summed E-state index contributed by atoms with van der Waals surface area (Å²) in [7, 11) is 1.87. The van der Waals surface area contributed by atoms with Crippen molar-refractivity contribution < 1.29 is 4.79 Å². The lowest BCUT2D eigenvalue weighted by molar-refractivity contribution is -0.135. The van der Waals surface area contributed by atoms with Gasteiger partial charge in [0.05, 0.1) is 11.9 Å². The van der Waals surface area contributed by atoms with Crippen LogP contribution in [0.5, 0.6) is 0 Å². The number of hydrogen-bond donors (Lipinski definition) is 1. The van der Waals surface area contributed by atoms with Gasteiger partial charge in [-0.05, 0) is 24.8 Å². The number of nitrogens with zero attached hydrogens (tertiary/aromatic N) is 6. The molecule has 2 aromatic rings. The van der Waals surface area contributed by atoms with Crippen LogP contribution in [0.2, 0.25) is 0 Å². The predicted molar refractivity (Wildman–Crippen MR) is 104 cm³/mol. The third-order valence-electron chi connectivity index (χ3n) is 5.28. The molecule has 2 aliphatic heterocycles. The van der Waals surface area contributed by atoms with E-state index >= 15 is 0 Å². The average molecular weight is 369 g/mol. The first-order valence-corrected chi connectivity index (χ1v) is 9.64. The zero-order valence-electron chi connectivity index (χ0n) is 16.2. The number of amides is 1. The molecule has 2 bridgehead atoms. The van der Waals surface area contributed by atoms with Crippen LogP contribution in [0.25, 0.3) is 0 Å². The summed E-state index contributed by atoms with van der Waals surface area (Å²) in [5.74, 6) is 2.17. The van der Waals surface area contributed by atoms with Gasteiger partial charge in [-0.25, -0.2) is 4.98 Å². The number of carbonyl (C=O) groups excluding carboxylic acids is 1. The molecule has 0 aromatic carbocycles. The number of aromatic nitrogens is 4. The van der Waals surface area contributed by atoms with Crippen LogP contribution in [-0.4, -0.2) is 55.7 Å². The van der Waals surface area contributed by atoms with Gasteiger partial charge < -0.3 is 15.1 Å². The van der Waals surface area contributed by atoms with Crippen molar-refractivity contribution in [1.29, 1.82) is 0 Å². The summed E-state index contributed by atoms with van der Waals surface area (Å²) in [5, 5.41) is 7.34. The molecule has 0 unspecified atom stereocenters. The van der Waals surface area contributed by atoms with Crippen molar-refractivity contribution in [1.82, 2.24) is 24.6 Å². The standard InChI is InChI=1S/C19H27N7O/c1-13(2)8-18(27)26-15-4-5-16(26)12-25(11-15)17-6-7-20-19(23-17)22-14-9-21-24(3)10-14/h6-7,9-10,13,15-16H,4-5,8,11-12H2,1-3H3,(H,20,22,23)/t15-,16+. The van der Waals surface area contributed by atoms with E-state index in [1.165, 1.54) is 0 Å². The van der Waals surface area contributed by atoms with Gasteiger partial charge in [0.25, 0.3) is 0 Å². The Hall–Kier alpha value is -2.64. The molecule has 8 nitrogen and oxygen atoms in total. The van der Waals surface area contributed by atoms with Crippen LogP contribution in [0.15, 0.2) is 24.7 Å². The summed E-state index contributed by atoms with van der Waals surface area (Å²) < 4.78 is 1.73. The van der Waals surface area contributed by atoms with E-state index in [2.05, 4.69) is 44.0 Å². The Labute approximate surface area is 159 Å². The van der Waals surface area contributed by atoms with Gasteiger partial charge in [-0.2, -0.15) is 10.1 Å². The maximum Gasteiger partial charge on any atom is 0.229 e. The first-order valence-electron chi connectivity index (χ1n) is 9.64. The molecule has 4 rings (SSSR count). The van der Waals surface area contributed by atoms with Crippen LogP contribution >= 0.6 is 0 Å². The lowest BCUT2D eigenvalue weighted by Crippen LogP contribution is -2.56. The largest absolute Gasteiger partial charge is 0.352 e. The van der Waals surface area contributed by atoms with E-state index in [9.17, 15) is 4.79 Å². The topological polar surface area (TPSA) is 79.2 Å². The van der Waals surface area contributed by atoms with E-state index in [0.717, 1.165) is 37.4 Å². The molecule has 2 atom stereocenters. The molecule has 1 N–H and O–H groups in total. The summed E-state index contributed by atoms with van der Waals surface area (Å²) in [6.45, 7) is 5.88. The molecule has 2 saturated heterocycles. The number of hydrogen-bond acceptors (Lipinski definition) is 6. The average Bonchev–Trinajstić information content (AvgIpc) is 3.14. The molecule has 2 aliphatic rings. The second kappa shape index (κ2) is 7.17. The molecule has 1 amide bonds. The first-order chi connectivity index (χ1) is 13.0. The zero-order valence-corrected chi connectivity index (χ0v) is 16.2. The highest BCUT2D eigenvalue weighted by Gasteiger charge is 2.42. The second-order valence-electron chi connectivity index (χ2n) is 7.96. The highest BCUT2D eigenvalue weighted by molar-refractivity contribution is 5.78. The minimum absolute atomic E-state index is 0.291. The van der Waals surface area contributed by atoms with Gasteiger partial charge in [0.15, 0.2) is 0 Å². The van der Waals surface area contributed by atoms with Crippen LogP contribution in [-0.2, 0) is 11.8 Å². The maximum atomic E-state index is 12.6. The Bertz CT molecular complexity index is 804. The summed E-state index contributed by atoms with van der Waals surface area (Å²) >= 11 is 0. The molecule has 0 radical (unpaired) electrons. The highest BCUT2D eigenvalue weighted by Crippen LogP contribution is 2.33. The van der Waals surface area contributed by atoms with E-state index in [0.29, 0.717) is 36.3 Å². The van der Waals surface area contributed by atoms with Crippen molar-refractivity contribution in [2.75, 3.05) is 23.3 Å². The van der Waals surface area contributed by atoms with Gasteiger partial charge in [-0.1, -0.05) is 13.8 Å². The molecular weight excluding hydrogens is 342 g/mol. The van der Waals surface area contributed by atoms with E-state index in [4.69, 9.17) is 0 Å². The van der Waals surface area contributed by atoms with E-state index in [1.807, 2.05) is 19.3 Å². The van der Waals surface area contributed by atoms with Crippen LogP contribution in [0.4, 0.5) is 17.5 Å². The summed E-state index contributed by atoms with van der Waals surface area (Å²) in [4.78, 5) is 26.1. The molecule has 2 aromatic heterocycles. The zero-order chi connectivity index (χ0) is 19.0. The SMILES string of the molecule is CC(C)CC(=O)N1[C@@H]2CC[C@H]1CN(c1ccnc(Nc3cnn(C)c3)n1)C2. The van der Waals surface area contributed by atoms with Gasteiger partial charge in [0.1, 0.15) is 5.82 Å². The Kier molecular flexibility index (Phi) is 4.72. The van der Waals surface area contributed by atoms with Crippen molar-refractivity contribution >= 4 is 23.4 Å². The normalized spacial score (nSPS) is 21.8. The molecule has 27 heavy (non-hydrogen) atoms. The molecule has 0 saturated carbocycles.